The van der Waals surface area contributed by atoms with Crippen molar-refractivity contribution >= 4 is 23.8 Å². The number of carbonyl (C=O) groups is 3. The summed E-state index contributed by atoms with van der Waals surface area (Å²) in [7, 11) is 1.19. The standard InChI is InChI=1S/C17H22FN3O5/c1-17(2,3)26-16(24)21(14(22)12-8-10(18)9-19-12)13-7-5-6-11(20-13)15(23)25-4/h5-7,10,12,19H,8-9H2,1-4H3/t10-,12+/m1/s1. The average Bonchev–Trinajstić information content (AvgIpc) is 2.99. The number of aromatic nitrogens is 1. The number of esters is 1. The van der Waals surface area contributed by atoms with E-state index < -0.39 is 35.8 Å². The lowest BCUT2D eigenvalue weighted by atomic mass is 10.2. The summed E-state index contributed by atoms with van der Waals surface area (Å²) >= 11 is 0. The van der Waals surface area contributed by atoms with Gasteiger partial charge in [0.15, 0.2) is 5.69 Å². The lowest BCUT2D eigenvalue weighted by Crippen LogP contribution is -2.49. The van der Waals surface area contributed by atoms with Crippen LogP contribution in [0.4, 0.5) is 15.0 Å². The molecule has 1 saturated heterocycles. The molecular formula is C17H22FN3O5. The van der Waals surface area contributed by atoms with Crippen LogP contribution in [0.2, 0.25) is 0 Å². The maximum absolute atomic E-state index is 13.5. The van der Waals surface area contributed by atoms with Crippen molar-refractivity contribution in [1.29, 1.82) is 0 Å². The molecule has 0 bridgehead atoms. The maximum Gasteiger partial charge on any atom is 0.423 e. The van der Waals surface area contributed by atoms with Gasteiger partial charge in [0.25, 0.3) is 5.91 Å². The van der Waals surface area contributed by atoms with Gasteiger partial charge in [0, 0.05) is 13.0 Å². The number of nitrogens with zero attached hydrogens (tertiary/aromatic N) is 2. The van der Waals surface area contributed by atoms with Crippen molar-refractivity contribution in [3.8, 4) is 0 Å². The topological polar surface area (TPSA) is 97.8 Å². The number of alkyl halides is 1. The fourth-order valence-corrected chi connectivity index (χ4v) is 2.41. The first-order valence-electron chi connectivity index (χ1n) is 8.12. The summed E-state index contributed by atoms with van der Waals surface area (Å²) in [5.41, 5.74) is -0.935. The van der Waals surface area contributed by atoms with Gasteiger partial charge in [0.1, 0.15) is 17.6 Å². The van der Waals surface area contributed by atoms with Crippen LogP contribution >= 0.6 is 0 Å². The number of pyridine rings is 1. The number of nitrogens with one attached hydrogen (secondary N) is 1. The molecule has 9 heteroatoms. The Balaban J connectivity index is 2.38. The third kappa shape index (κ3) is 4.75. The summed E-state index contributed by atoms with van der Waals surface area (Å²) < 4.78 is 23.3. The Kier molecular flexibility index (Phi) is 5.91. The van der Waals surface area contributed by atoms with Crippen molar-refractivity contribution in [2.75, 3.05) is 18.6 Å². The van der Waals surface area contributed by atoms with Crippen LogP contribution in [-0.2, 0) is 14.3 Å². The molecule has 1 aromatic heterocycles. The minimum absolute atomic E-state index is 0.0220. The molecule has 0 saturated carbocycles. The second-order valence-electron chi connectivity index (χ2n) is 6.82. The van der Waals surface area contributed by atoms with Gasteiger partial charge in [0.2, 0.25) is 0 Å². The van der Waals surface area contributed by atoms with E-state index in [1.807, 2.05) is 0 Å². The second-order valence-corrected chi connectivity index (χ2v) is 6.82. The monoisotopic (exact) mass is 367 g/mol. The molecule has 2 amide bonds. The molecule has 8 nitrogen and oxygen atoms in total. The fraction of sp³-hybridized carbons (Fsp3) is 0.529. The Labute approximate surface area is 150 Å². The predicted molar refractivity (Wildman–Crippen MR) is 90.6 cm³/mol. The van der Waals surface area contributed by atoms with Crippen molar-refractivity contribution in [1.82, 2.24) is 10.3 Å². The first kappa shape index (κ1) is 19.8. The SMILES string of the molecule is COC(=O)c1cccc(N(C(=O)OC(C)(C)C)C(=O)[C@@H]2C[C@@H](F)CN2)n1. The smallest absolute Gasteiger partial charge is 0.423 e. The van der Waals surface area contributed by atoms with Crippen molar-refractivity contribution < 1.29 is 28.2 Å². The van der Waals surface area contributed by atoms with Gasteiger partial charge in [-0.3, -0.25) is 4.79 Å². The van der Waals surface area contributed by atoms with Crippen molar-refractivity contribution in [3.05, 3.63) is 23.9 Å². The molecule has 2 atom stereocenters. The number of halogens is 1. The first-order chi connectivity index (χ1) is 12.1. The molecule has 142 valence electrons. The van der Waals surface area contributed by atoms with E-state index in [1.165, 1.54) is 25.3 Å². The summed E-state index contributed by atoms with van der Waals surface area (Å²) in [6.07, 6.45) is -2.20. The van der Waals surface area contributed by atoms with E-state index in [2.05, 4.69) is 15.0 Å². The van der Waals surface area contributed by atoms with Crippen LogP contribution in [0.1, 0.15) is 37.7 Å². The minimum atomic E-state index is -1.18. The second kappa shape index (κ2) is 7.77. The fourth-order valence-electron chi connectivity index (χ4n) is 2.41. The third-order valence-corrected chi connectivity index (χ3v) is 3.53. The first-order valence-corrected chi connectivity index (χ1v) is 8.12. The van der Waals surface area contributed by atoms with Gasteiger partial charge < -0.3 is 14.8 Å². The molecule has 1 N–H and O–H groups in total. The summed E-state index contributed by atoms with van der Waals surface area (Å²) in [5.74, 6) is -1.52. The van der Waals surface area contributed by atoms with E-state index in [4.69, 9.17) is 4.74 Å². The number of ether oxygens (including phenoxy) is 2. The van der Waals surface area contributed by atoms with E-state index >= 15 is 0 Å². The molecule has 1 aliphatic heterocycles. The summed E-state index contributed by atoms with van der Waals surface area (Å²) in [6.45, 7) is 4.97. The molecule has 2 rings (SSSR count). The number of carbonyl (C=O) groups excluding carboxylic acids is 3. The molecule has 0 spiro atoms. The third-order valence-electron chi connectivity index (χ3n) is 3.53. The number of hydrogen-bond acceptors (Lipinski definition) is 7. The van der Waals surface area contributed by atoms with E-state index in [1.54, 1.807) is 20.8 Å². The van der Waals surface area contributed by atoms with Gasteiger partial charge in [0.05, 0.1) is 13.2 Å². The summed E-state index contributed by atoms with van der Waals surface area (Å²) in [6, 6.07) is 3.34. The Bertz CT molecular complexity index is 704. The Morgan fingerprint density at radius 3 is 2.54 bits per heavy atom. The molecule has 1 aliphatic rings. The van der Waals surface area contributed by atoms with Crippen LogP contribution in [0, 0.1) is 0 Å². The van der Waals surface area contributed by atoms with E-state index in [-0.39, 0.29) is 24.5 Å². The summed E-state index contributed by atoms with van der Waals surface area (Å²) in [5, 5.41) is 2.73. The quantitative estimate of drug-likeness (QED) is 0.814. The van der Waals surface area contributed by atoms with Crippen LogP contribution in [0.15, 0.2) is 18.2 Å². The van der Waals surface area contributed by atoms with Crippen LogP contribution in [0.25, 0.3) is 0 Å². The highest BCUT2D eigenvalue weighted by molar-refractivity contribution is 6.14. The number of hydrogen-bond donors (Lipinski definition) is 1. The predicted octanol–water partition coefficient (Wildman–Crippen LogP) is 1.84. The lowest BCUT2D eigenvalue weighted by Gasteiger charge is -2.27. The highest BCUT2D eigenvalue weighted by Gasteiger charge is 2.38. The Morgan fingerprint density at radius 2 is 2.00 bits per heavy atom. The molecule has 0 aliphatic carbocycles. The van der Waals surface area contributed by atoms with Crippen LogP contribution < -0.4 is 10.2 Å². The van der Waals surface area contributed by atoms with Gasteiger partial charge in [-0.25, -0.2) is 19.0 Å². The van der Waals surface area contributed by atoms with E-state index in [0.29, 0.717) is 4.90 Å². The molecule has 2 heterocycles. The zero-order chi connectivity index (χ0) is 19.5. The number of imide groups is 1. The molecule has 0 unspecified atom stereocenters. The van der Waals surface area contributed by atoms with Crippen LogP contribution in [-0.4, -0.2) is 54.4 Å². The van der Waals surface area contributed by atoms with Crippen LogP contribution in [0.5, 0.6) is 0 Å². The Hall–Kier alpha value is -2.55. The van der Waals surface area contributed by atoms with E-state index in [9.17, 15) is 18.8 Å². The zero-order valence-corrected chi connectivity index (χ0v) is 15.1. The van der Waals surface area contributed by atoms with Gasteiger partial charge in [-0.15, -0.1) is 0 Å². The molecule has 1 aromatic rings. The van der Waals surface area contributed by atoms with E-state index in [0.717, 1.165) is 0 Å². The highest BCUT2D eigenvalue weighted by Crippen LogP contribution is 2.21. The van der Waals surface area contributed by atoms with Gasteiger partial charge in [-0.05, 0) is 32.9 Å². The van der Waals surface area contributed by atoms with Gasteiger partial charge >= 0.3 is 12.1 Å². The highest BCUT2D eigenvalue weighted by atomic mass is 19.1. The number of methoxy groups -OCH3 is 1. The average molecular weight is 367 g/mol. The molecule has 26 heavy (non-hydrogen) atoms. The molecule has 0 aromatic carbocycles. The molecule has 0 radical (unpaired) electrons. The number of rotatable bonds is 3. The lowest BCUT2D eigenvalue weighted by molar-refractivity contribution is -0.120. The largest absolute Gasteiger partial charge is 0.464 e. The zero-order valence-electron chi connectivity index (χ0n) is 15.1. The Morgan fingerprint density at radius 1 is 1.31 bits per heavy atom. The number of anilines is 1. The normalized spacial score (nSPS) is 19.7. The van der Waals surface area contributed by atoms with Crippen molar-refractivity contribution in [2.45, 2.75) is 45.0 Å². The van der Waals surface area contributed by atoms with Gasteiger partial charge in [-0.1, -0.05) is 6.07 Å². The molecule has 1 fully saturated rings. The van der Waals surface area contributed by atoms with Crippen LogP contribution in [0.3, 0.4) is 0 Å². The summed E-state index contributed by atoms with van der Waals surface area (Å²) in [4.78, 5) is 41.8. The van der Waals surface area contributed by atoms with Crippen molar-refractivity contribution in [3.63, 3.8) is 0 Å². The van der Waals surface area contributed by atoms with Crippen molar-refractivity contribution in [2.24, 2.45) is 0 Å². The minimum Gasteiger partial charge on any atom is -0.464 e. The van der Waals surface area contributed by atoms with Gasteiger partial charge in [-0.2, -0.15) is 4.90 Å². The number of amides is 2. The maximum atomic E-state index is 13.5. The molecular weight excluding hydrogens is 345 g/mol.